The number of hydrogen-bond donors (Lipinski definition) is 0. The average molecular weight is 503 g/mol. The summed E-state index contributed by atoms with van der Waals surface area (Å²) in [5, 5.41) is 0.436. The summed E-state index contributed by atoms with van der Waals surface area (Å²) in [6.07, 6.45) is 1.72. The Balaban J connectivity index is 1.77. The fourth-order valence-electron chi connectivity index (χ4n) is 4.26. The van der Waals surface area contributed by atoms with E-state index in [0.29, 0.717) is 22.4 Å². The summed E-state index contributed by atoms with van der Waals surface area (Å²) in [5.41, 5.74) is 3.50. The topological polar surface area (TPSA) is 63.4 Å². The molecule has 0 fully saturated rings. The van der Waals surface area contributed by atoms with E-state index in [-0.39, 0.29) is 22.5 Å². The molecule has 0 spiro atoms. The van der Waals surface area contributed by atoms with Gasteiger partial charge in [0.05, 0.1) is 17.0 Å². The standard InChI is InChI=1S/C27H23BrN2O3/c1-15-5-12-21(29-14-15)30-23(16-6-8-17(9-7-16)27(2,3)4)22-24(31)19-13-18(28)10-11-20(19)33-25(22)26(30)32/h5-14,23H,1-4H3. The van der Waals surface area contributed by atoms with E-state index in [1.807, 2.05) is 25.1 Å². The van der Waals surface area contributed by atoms with Gasteiger partial charge in [-0.15, -0.1) is 0 Å². The molecule has 1 unspecified atom stereocenters. The van der Waals surface area contributed by atoms with Crippen molar-refractivity contribution in [2.45, 2.75) is 39.2 Å². The molecule has 2 aromatic heterocycles. The van der Waals surface area contributed by atoms with Gasteiger partial charge in [0.15, 0.2) is 5.43 Å². The van der Waals surface area contributed by atoms with Crippen LogP contribution in [0.5, 0.6) is 0 Å². The number of halogens is 1. The number of hydrogen-bond acceptors (Lipinski definition) is 4. The number of aryl methyl sites for hydroxylation is 1. The second kappa shape index (κ2) is 7.66. The van der Waals surface area contributed by atoms with Crippen LogP contribution < -0.4 is 10.3 Å². The molecule has 0 bridgehead atoms. The lowest BCUT2D eigenvalue weighted by molar-refractivity contribution is 0.0970. The normalized spacial score (nSPS) is 15.8. The summed E-state index contributed by atoms with van der Waals surface area (Å²) in [4.78, 5) is 33.3. The van der Waals surface area contributed by atoms with Crippen molar-refractivity contribution in [3.05, 3.63) is 104 Å². The third kappa shape index (κ3) is 3.59. The van der Waals surface area contributed by atoms with Crippen LogP contribution in [0.2, 0.25) is 0 Å². The van der Waals surface area contributed by atoms with Gasteiger partial charge in [-0.25, -0.2) is 4.98 Å². The molecule has 0 N–H and O–H groups in total. The molecule has 0 radical (unpaired) electrons. The average Bonchev–Trinajstić information content (AvgIpc) is 3.07. The van der Waals surface area contributed by atoms with Crippen LogP contribution in [0.1, 0.15) is 59.6 Å². The smallest absolute Gasteiger partial charge is 0.296 e. The Morgan fingerprint density at radius 1 is 1.00 bits per heavy atom. The fraction of sp³-hybridized carbons (Fsp3) is 0.222. The Morgan fingerprint density at radius 3 is 2.36 bits per heavy atom. The zero-order chi connectivity index (χ0) is 23.5. The lowest BCUT2D eigenvalue weighted by Crippen LogP contribution is -2.30. The van der Waals surface area contributed by atoms with E-state index in [1.165, 1.54) is 5.56 Å². The van der Waals surface area contributed by atoms with Crippen molar-refractivity contribution in [3.63, 3.8) is 0 Å². The van der Waals surface area contributed by atoms with Crippen LogP contribution >= 0.6 is 15.9 Å². The number of anilines is 1. The van der Waals surface area contributed by atoms with Gasteiger partial charge in [0.1, 0.15) is 11.4 Å². The fourth-order valence-corrected chi connectivity index (χ4v) is 4.63. The Kier molecular flexibility index (Phi) is 5.01. The van der Waals surface area contributed by atoms with Crippen molar-refractivity contribution < 1.29 is 9.21 Å². The van der Waals surface area contributed by atoms with Gasteiger partial charge < -0.3 is 4.42 Å². The molecular formula is C27H23BrN2O3. The minimum atomic E-state index is -0.628. The Labute approximate surface area is 200 Å². The molecule has 1 atom stereocenters. The second-order valence-electron chi connectivity index (χ2n) is 9.46. The third-order valence-electron chi connectivity index (χ3n) is 6.07. The highest BCUT2D eigenvalue weighted by Gasteiger charge is 2.44. The van der Waals surface area contributed by atoms with E-state index in [1.54, 1.807) is 35.4 Å². The van der Waals surface area contributed by atoms with Gasteiger partial charge in [-0.05, 0) is 53.3 Å². The van der Waals surface area contributed by atoms with Crippen LogP contribution in [-0.2, 0) is 5.41 Å². The zero-order valence-electron chi connectivity index (χ0n) is 18.8. The van der Waals surface area contributed by atoms with Gasteiger partial charge in [-0.3, -0.25) is 14.5 Å². The van der Waals surface area contributed by atoms with E-state index >= 15 is 0 Å². The van der Waals surface area contributed by atoms with E-state index in [4.69, 9.17) is 4.42 Å². The van der Waals surface area contributed by atoms with Crippen molar-refractivity contribution in [2.24, 2.45) is 0 Å². The molecule has 3 heterocycles. The minimum absolute atomic E-state index is 0.0123. The molecule has 1 aliphatic heterocycles. The number of pyridine rings is 1. The Bertz CT molecular complexity index is 1450. The molecule has 0 saturated heterocycles. The largest absolute Gasteiger partial charge is 0.450 e. The molecule has 1 amide bonds. The van der Waals surface area contributed by atoms with Crippen molar-refractivity contribution in [1.29, 1.82) is 0 Å². The predicted molar refractivity (Wildman–Crippen MR) is 133 cm³/mol. The van der Waals surface area contributed by atoms with Crippen LogP contribution in [0.15, 0.2) is 74.5 Å². The molecule has 5 nitrogen and oxygen atoms in total. The highest BCUT2D eigenvalue weighted by molar-refractivity contribution is 9.10. The summed E-state index contributed by atoms with van der Waals surface area (Å²) >= 11 is 3.43. The number of benzene rings is 2. The number of carbonyl (C=O) groups is 1. The maximum Gasteiger partial charge on any atom is 0.296 e. The first-order valence-corrected chi connectivity index (χ1v) is 11.6. The predicted octanol–water partition coefficient (Wildman–Crippen LogP) is 6.31. The number of amides is 1. The first-order valence-electron chi connectivity index (χ1n) is 10.8. The van der Waals surface area contributed by atoms with Crippen molar-refractivity contribution in [3.8, 4) is 0 Å². The summed E-state index contributed by atoms with van der Waals surface area (Å²) in [6.45, 7) is 8.39. The monoisotopic (exact) mass is 502 g/mol. The molecule has 5 rings (SSSR count). The molecule has 2 aromatic carbocycles. The first-order chi connectivity index (χ1) is 15.6. The summed E-state index contributed by atoms with van der Waals surface area (Å²) in [7, 11) is 0. The quantitative estimate of drug-likeness (QED) is 0.322. The molecule has 4 aromatic rings. The number of carbonyl (C=O) groups excluding carboxylic acids is 1. The summed E-state index contributed by atoms with van der Waals surface area (Å²) in [5.74, 6) is 0.182. The second-order valence-corrected chi connectivity index (χ2v) is 10.4. The van der Waals surface area contributed by atoms with Crippen LogP contribution in [0, 0.1) is 6.92 Å². The number of aromatic nitrogens is 1. The van der Waals surface area contributed by atoms with Crippen molar-refractivity contribution in [1.82, 2.24) is 4.98 Å². The highest BCUT2D eigenvalue weighted by Crippen LogP contribution is 2.41. The molecule has 166 valence electrons. The molecular weight excluding hydrogens is 480 g/mol. The SMILES string of the molecule is Cc1ccc(N2C(=O)c3oc4ccc(Br)cc4c(=O)c3C2c2ccc(C(C)(C)C)cc2)nc1. The zero-order valence-corrected chi connectivity index (χ0v) is 20.4. The van der Waals surface area contributed by atoms with Crippen LogP contribution in [0.3, 0.4) is 0 Å². The van der Waals surface area contributed by atoms with Crippen LogP contribution in [0.4, 0.5) is 5.82 Å². The maximum absolute atomic E-state index is 13.7. The maximum atomic E-state index is 13.7. The molecule has 1 aliphatic rings. The molecule has 33 heavy (non-hydrogen) atoms. The highest BCUT2D eigenvalue weighted by atomic mass is 79.9. The summed E-state index contributed by atoms with van der Waals surface area (Å²) < 4.78 is 6.79. The van der Waals surface area contributed by atoms with E-state index in [9.17, 15) is 9.59 Å². The van der Waals surface area contributed by atoms with Gasteiger partial charge in [-0.1, -0.05) is 67.0 Å². The minimum Gasteiger partial charge on any atom is -0.450 e. The van der Waals surface area contributed by atoms with Crippen molar-refractivity contribution >= 4 is 38.6 Å². The Morgan fingerprint density at radius 2 is 1.73 bits per heavy atom. The van der Waals surface area contributed by atoms with Gasteiger partial charge >= 0.3 is 0 Å². The molecule has 0 aliphatic carbocycles. The number of rotatable bonds is 2. The van der Waals surface area contributed by atoms with E-state index in [2.05, 4.69) is 53.8 Å². The van der Waals surface area contributed by atoms with Gasteiger partial charge in [0, 0.05) is 10.7 Å². The Hall–Kier alpha value is -3.25. The number of nitrogens with zero attached hydrogens (tertiary/aromatic N) is 2. The lowest BCUT2D eigenvalue weighted by Gasteiger charge is -2.25. The summed E-state index contributed by atoms with van der Waals surface area (Å²) in [6, 6.07) is 16.4. The van der Waals surface area contributed by atoms with Crippen molar-refractivity contribution in [2.75, 3.05) is 4.90 Å². The van der Waals surface area contributed by atoms with E-state index in [0.717, 1.165) is 15.6 Å². The van der Waals surface area contributed by atoms with Crippen LogP contribution in [0.25, 0.3) is 11.0 Å². The third-order valence-corrected chi connectivity index (χ3v) is 6.56. The van der Waals surface area contributed by atoms with Crippen LogP contribution in [-0.4, -0.2) is 10.9 Å². The molecule has 0 saturated carbocycles. The number of fused-ring (bicyclic) bond motifs is 2. The lowest BCUT2D eigenvalue weighted by atomic mass is 9.86. The van der Waals surface area contributed by atoms with Gasteiger partial charge in [-0.2, -0.15) is 0 Å². The first kappa shape index (κ1) is 21.6. The molecule has 6 heteroatoms. The van der Waals surface area contributed by atoms with Gasteiger partial charge in [0.2, 0.25) is 5.76 Å². The van der Waals surface area contributed by atoms with Gasteiger partial charge in [0.25, 0.3) is 5.91 Å². The van der Waals surface area contributed by atoms with E-state index < -0.39 is 6.04 Å².